The first-order valence-corrected chi connectivity index (χ1v) is 10.4. The van der Waals surface area contributed by atoms with Gasteiger partial charge < -0.3 is 20.1 Å². The fraction of sp³-hybridized carbons (Fsp3) is 0.211. The normalized spacial score (nSPS) is 10.4. The Kier molecular flexibility index (Phi) is 7.10. The summed E-state index contributed by atoms with van der Waals surface area (Å²) in [6.07, 6.45) is 0. The Bertz CT molecular complexity index is 933. The molecule has 28 heavy (non-hydrogen) atoms. The summed E-state index contributed by atoms with van der Waals surface area (Å²) in [5.74, 6) is 1.47. The first-order chi connectivity index (χ1) is 13.7. The van der Waals surface area contributed by atoms with Crippen LogP contribution in [-0.4, -0.2) is 35.6 Å². The molecule has 0 bridgehead atoms. The highest BCUT2D eigenvalue weighted by molar-refractivity contribution is 8.01. The molecule has 3 aromatic rings. The molecule has 146 valence electrons. The molecule has 2 N–H and O–H groups in total. The van der Waals surface area contributed by atoms with Gasteiger partial charge in [-0.3, -0.25) is 4.79 Å². The molecule has 0 atom stereocenters. The van der Waals surface area contributed by atoms with Gasteiger partial charge in [0, 0.05) is 0 Å². The van der Waals surface area contributed by atoms with Crippen LogP contribution in [0.3, 0.4) is 0 Å². The number of hydrogen-bond donors (Lipinski definition) is 2. The number of anilines is 3. The molecular formula is C19H20N4O3S2. The molecule has 1 amide bonds. The maximum absolute atomic E-state index is 12.3. The smallest absolute Gasteiger partial charge is 0.234 e. The number of benzene rings is 2. The topological polar surface area (TPSA) is 85.4 Å². The van der Waals surface area contributed by atoms with E-state index < -0.39 is 0 Å². The van der Waals surface area contributed by atoms with Crippen molar-refractivity contribution in [1.82, 2.24) is 10.2 Å². The Morgan fingerprint density at radius 2 is 1.79 bits per heavy atom. The molecule has 0 fully saturated rings. The van der Waals surface area contributed by atoms with Crippen LogP contribution in [0.2, 0.25) is 0 Å². The van der Waals surface area contributed by atoms with E-state index >= 15 is 0 Å². The Hall–Kier alpha value is -2.78. The third kappa shape index (κ3) is 5.37. The number of hydrogen-bond acceptors (Lipinski definition) is 8. The number of carbonyl (C=O) groups is 1. The predicted molar refractivity (Wildman–Crippen MR) is 113 cm³/mol. The number of ether oxygens (including phenoxy) is 2. The summed E-state index contributed by atoms with van der Waals surface area (Å²) >= 11 is 2.70. The molecule has 1 heterocycles. The highest BCUT2D eigenvalue weighted by atomic mass is 32.2. The molecule has 0 saturated carbocycles. The van der Waals surface area contributed by atoms with E-state index in [9.17, 15) is 4.79 Å². The maximum atomic E-state index is 12.3. The summed E-state index contributed by atoms with van der Waals surface area (Å²) in [7, 11) is 1.62. The molecule has 3 rings (SSSR count). The molecule has 0 aliphatic carbocycles. The lowest BCUT2D eigenvalue weighted by atomic mass is 10.3. The van der Waals surface area contributed by atoms with Gasteiger partial charge >= 0.3 is 0 Å². The second kappa shape index (κ2) is 9.95. The number of methoxy groups -OCH3 is 1. The third-order valence-corrected chi connectivity index (χ3v) is 5.51. The summed E-state index contributed by atoms with van der Waals surface area (Å²) in [6.45, 7) is 2.44. The van der Waals surface area contributed by atoms with Crippen molar-refractivity contribution in [3.8, 4) is 11.5 Å². The standard InChI is InChI=1S/C19H20N4O3S2/c1-3-26-16-11-7-5-9-14(16)20-17(24)12-27-19-23-22-18(28-19)21-13-8-4-6-10-15(13)25-2/h4-11H,3,12H2,1-2H3,(H,20,24)(H,21,22). The lowest BCUT2D eigenvalue weighted by Gasteiger charge is -2.10. The molecule has 0 spiro atoms. The Morgan fingerprint density at radius 1 is 1.07 bits per heavy atom. The lowest BCUT2D eigenvalue weighted by molar-refractivity contribution is -0.113. The van der Waals surface area contributed by atoms with Crippen LogP contribution in [0, 0.1) is 0 Å². The van der Waals surface area contributed by atoms with E-state index in [0.29, 0.717) is 27.5 Å². The number of nitrogens with one attached hydrogen (secondary N) is 2. The van der Waals surface area contributed by atoms with Crippen molar-refractivity contribution >= 4 is 45.5 Å². The van der Waals surface area contributed by atoms with E-state index in [0.717, 1.165) is 11.4 Å². The summed E-state index contributed by atoms with van der Waals surface area (Å²) in [5.41, 5.74) is 1.47. The molecule has 2 aromatic carbocycles. The zero-order chi connectivity index (χ0) is 19.8. The van der Waals surface area contributed by atoms with Crippen molar-refractivity contribution in [3.63, 3.8) is 0 Å². The zero-order valence-corrected chi connectivity index (χ0v) is 17.1. The van der Waals surface area contributed by atoms with Gasteiger partial charge in [0.05, 0.1) is 30.8 Å². The van der Waals surface area contributed by atoms with Gasteiger partial charge in [0.15, 0.2) is 4.34 Å². The third-order valence-electron chi connectivity index (χ3n) is 3.54. The molecule has 7 nitrogen and oxygen atoms in total. The average molecular weight is 417 g/mol. The van der Waals surface area contributed by atoms with Crippen LogP contribution in [0.5, 0.6) is 11.5 Å². The van der Waals surface area contributed by atoms with Gasteiger partial charge in [-0.15, -0.1) is 10.2 Å². The van der Waals surface area contributed by atoms with Crippen molar-refractivity contribution in [3.05, 3.63) is 48.5 Å². The van der Waals surface area contributed by atoms with Gasteiger partial charge in [-0.05, 0) is 31.2 Å². The van der Waals surface area contributed by atoms with Gasteiger partial charge in [0.2, 0.25) is 11.0 Å². The summed E-state index contributed by atoms with van der Waals surface area (Å²) in [5, 5.41) is 14.9. The van der Waals surface area contributed by atoms with Crippen LogP contribution < -0.4 is 20.1 Å². The van der Waals surface area contributed by atoms with Crippen LogP contribution >= 0.6 is 23.1 Å². The largest absolute Gasteiger partial charge is 0.495 e. The van der Waals surface area contributed by atoms with Gasteiger partial charge in [-0.1, -0.05) is 47.4 Å². The van der Waals surface area contributed by atoms with Crippen LogP contribution in [0.25, 0.3) is 0 Å². The molecule has 9 heteroatoms. The number of amides is 1. The van der Waals surface area contributed by atoms with E-state index in [1.165, 1.54) is 23.1 Å². The summed E-state index contributed by atoms with van der Waals surface area (Å²) < 4.78 is 11.5. The Labute approximate surface area is 171 Å². The minimum absolute atomic E-state index is 0.133. The van der Waals surface area contributed by atoms with Crippen molar-refractivity contribution < 1.29 is 14.3 Å². The zero-order valence-electron chi connectivity index (χ0n) is 15.5. The van der Waals surface area contributed by atoms with Crippen LogP contribution in [0.15, 0.2) is 52.9 Å². The highest BCUT2D eigenvalue weighted by Crippen LogP contribution is 2.31. The monoisotopic (exact) mass is 416 g/mol. The second-order valence-electron chi connectivity index (χ2n) is 5.46. The minimum atomic E-state index is -0.133. The van der Waals surface area contributed by atoms with Crippen LogP contribution in [0.4, 0.5) is 16.5 Å². The lowest BCUT2D eigenvalue weighted by Crippen LogP contribution is -2.14. The van der Waals surface area contributed by atoms with Crippen molar-refractivity contribution in [2.24, 2.45) is 0 Å². The number of rotatable bonds is 9. The minimum Gasteiger partial charge on any atom is -0.495 e. The van der Waals surface area contributed by atoms with Gasteiger partial charge in [-0.25, -0.2) is 0 Å². The van der Waals surface area contributed by atoms with Gasteiger partial charge in [-0.2, -0.15) is 0 Å². The SMILES string of the molecule is CCOc1ccccc1NC(=O)CSc1nnc(Nc2ccccc2OC)s1. The molecule has 0 aliphatic rings. The number of nitrogens with zero attached hydrogens (tertiary/aromatic N) is 2. The number of para-hydroxylation sites is 4. The van der Waals surface area contributed by atoms with E-state index in [1.807, 2.05) is 55.5 Å². The Morgan fingerprint density at radius 3 is 2.54 bits per heavy atom. The molecule has 0 unspecified atom stereocenters. The first kappa shape index (κ1) is 20.0. The van der Waals surface area contributed by atoms with Crippen molar-refractivity contribution in [2.45, 2.75) is 11.3 Å². The number of aromatic nitrogens is 2. The van der Waals surface area contributed by atoms with E-state index in [1.54, 1.807) is 7.11 Å². The molecule has 0 aliphatic heterocycles. The second-order valence-corrected chi connectivity index (χ2v) is 7.66. The highest BCUT2D eigenvalue weighted by Gasteiger charge is 2.11. The number of thioether (sulfide) groups is 1. The average Bonchev–Trinajstić information content (AvgIpc) is 3.16. The molecular weight excluding hydrogens is 396 g/mol. The summed E-state index contributed by atoms with van der Waals surface area (Å²) in [4.78, 5) is 12.3. The number of carbonyl (C=O) groups excluding carboxylic acids is 1. The quantitative estimate of drug-likeness (QED) is 0.499. The van der Waals surface area contributed by atoms with E-state index in [4.69, 9.17) is 9.47 Å². The van der Waals surface area contributed by atoms with Crippen molar-refractivity contribution in [2.75, 3.05) is 30.1 Å². The molecule has 0 radical (unpaired) electrons. The van der Waals surface area contributed by atoms with Gasteiger partial charge in [0.25, 0.3) is 0 Å². The maximum Gasteiger partial charge on any atom is 0.234 e. The van der Waals surface area contributed by atoms with Crippen LogP contribution in [-0.2, 0) is 4.79 Å². The van der Waals surface area contributed by atoms with Crippen molar-refractivity contribution in [1.29, 1.82) is 0 Å². The predicted octanol–water partition coefficient (Wildman–Crippen LogP) is 4.42. The molecule has 1 aromatic heterocycles. The fourth-order valence-corrected chi connectivity index (χ4v) is 3.91. The fourth-order valence-electron chi connectivity index (χ4n) is 2.35. The summed E-state index contributed by atoms with van der Waals surface area (Å²) in [6, 6.07) is 14.9. The first-order valence-electron chi connectivity index (χ1n) is 8.57. The van der Waals surface area contributed by atoms with Crippen LogP contribution in [0.1, 0.15) is 6.92 Å². The Balaban J connectivity index is 1.55. The van der Waals surface area contributed by atoms with E-state index in [-0.39, 0.29) is 11.7 Å². The van der Waals surface area contributed by atoms with E-state index in [2.05, 4.69) is 20.8 Å². The van der Waals surface area contributed by atoms with Gasteiger partial charge in [0.1, 0.15) is 11.5 Å². The molecule has 0 saturated heterocycles.